The Kier molecular flexibility index (Phi) is 4.39. The van der Waals surface area contributed by atoms with E-state index in [1.54, 1.807) is 0 Å². The third-order valence-electron chi connectivity index (χ3n) is 1.94. The molecule has 1 aromatic rings. The molecule has 1 rings (SSSR count). The molecule has 19 heavy (non-hydrogen) atoms. The van der Waals surface area contributed by atoms with Crippen molar-refractivity contribution in [1.82, 2.24) is 4.98 Å². The van der Waals surface area contributed by atoms with Crippen LogP contribution in [0.3, 0.4) is 0 Å². The number of halogens is 7. The van der Waals surface area contributed by atoms with E-state index in [2.05, 4.69) is 14.5 Å². The zero-order chi connectivity index (χ0) is 14.8. The molecule has 0 N–H and O–H groups in total. The van der Waals surface area contributed by atoms with Gasteiger partial charge in [0.15, 0.2) is 5.75 Å². The second kappa shape index (κ2) is 5.32. The highest BCUT2D eigenvalue weighted by Crippen LogP contribution is 2.43. The standard InChI is InChI=1S/C9H6ClF6NO2/c1-18-7-4(2-10)6(19-9(14,15)16)5(3-17-7)8(11,12)13/h3H,2H2,1H3. The number of nitrogens with zero attached hydrogens (tertiary/aromatic N) is 1. The number of aromatic nitrogens is 1. The molecule has 1 aromatic heterocycles. The zero-order valence-corrected chi connectivity index (χ0v) is 9.95. The fraction of sp³-hybridized carbons (Fsp3) is 0.444. The first-order valence-corrected chi connectivity index (χ1v) is 5.08. The molecule has 10 heteroatoms. The molecular weight excluding hydrogens is 304 g/mol. The van der Waals surface area contributed by atoms with Crippen molar-refractivity contribution in [3.05, 3.63) is 17.3 Å². The largest absolute Gasteiger partial charge is 0.573 e. The molecule has 0 atom stereocenters. The van der Waals surface area contributed by atoms with Crippen LogP contribution >= 0.6 is 11.6 Å². The molecule has 3 nitrogen and oxygen atoms in total. The Morgan fingerprint density at radius 2 is 1.79 bits per heavy atom. The van der Waals surface area contributed by atoms with Crippen LogP contribution in [0.1, 0.15) is 11.1 Å². The third kappa shape index (κ3) is 3.79. The van der Waals surface area contributed by atoms with Gasteiger partial charge < -0.3 is 9.47 Å². The highest BCUT2D eigenvalue weighted by molar-refractivity contribution is 6.17. The third-order valence-corrected chi connectivity index (χ3v) is 2.21. The lowest BCUT2D eigenvalue weighted by molar-refractivity contribution is -0.276. The van der Waals surface area contributed by atoms with Gasteiger partial charge in [-0.15, -0.1) is 24.8 Å². The fourth-order valence-electron chi connectivity index (χ4n) is 1.25. The van der Waals surface area contributed by atoms with Gasteiger partial charge in [0.25, 0.3) is 0 Å². The molecular formula is C9H6ClF6NO2. The van der Waals surface area contributed by atoms with E-state index in [-0.39, 0.29) is 6.20 Å². The molecule has 0 fully saturated rings. The minimum atomic E-state index is -5.30. The van der Waals surface area contributed by atoms with Gasteiger partial charge in [-0.2, -0.15) is 13.2 Å². The highest BCUT2D eigenvalue weighted by Gasteiger charge is 2.41. The highest BCUT2D eigenvalue weighted by atomic mass is 35.5. The Labute approximate surface area is 108 Å². The van der Waals surface area contributed by atoms with Gasteiger partial charge in [0.2, 0.25) is 5.88 Å². The number of methoxy groups -OCH3 is 1. The van der Waals surface area contributed by atoms with Crippen molar-refractivity contribution in [2.75, 3.05) is 7.11 Å². The zero-order valence-electron chi connectivity index (χ0n) is 9.19. The quantitative estimate of drug-likeness (QED) is 0.629. The van der Waals surface area contributed by atoms with E-state index >= 15 is 0 Å². The summed E-state index contributed by atoms with van der Waals surface area (Å²) < 4.78 is 82.3. The Morgan fingerprint density at radius 1 is 1.21 bits per heavy atom. The van der Waals surface area contributed by atoms with Crippen molar-refractivity contribution < 1.29 is 35.8 Å². The van der Waals surface area contributed by atoms with E-state index in [1.807, 2.05) is 0 Å². The molecule has 0 aliphatic carbocycles. The topological polar surface area (TPSA) is 31.4 Å². The van der Waals surface area contributed by atoms with E-state index < -0.39 is 41.2 Å². The van der Waals surface area contributed by atoms with Crippen LogP contribution in [0.15, 0.2) is 6.20 Å². The summed E-state index contributed by atoms with van der Waals surface area (Å²) in [7, 11) is 1.03. The Bertz CT molecular complexity index is 459. The van der Waals surface area contributed by atoms with Crippen molar-refractivity contribution in [2.45, 2.75) is 18.4 Å². The number of ether oxygens (including phenoxy) is 2. The number of hydrogen-bond acceptors (Lipinski definition) is 3. The van der Waals surface area contributed by atoms with E-state index in [0.29, 0.717) is 0 Å². The second-order valence-corrected chi connectivity index (χ2v) is 3.44. The van der Waals surface area contributed by atoms with Crippen LogP contribution in [0.4, 0.5) is 26.3 Å². The number of alkyl halides is 7. The second-order valence-electron chi connectivity index (χ2n) is 3.17. The Hall–Kier alpha value is -1.38. The predicted molar refractivity (Wildman–Crippen MR) is 52.0 cm³/mol. The SMILES string of the molecule is COc1ncc(C(F)(F)F)c(OC(F)(F)F)c1CCl. The van der Waals surface area contributed by atoms with E-state index in [9.17, 15) is 26.3 Å². The number of pyridine rings is 1. The van der Waals surface area contributed by atoms with Crippen molar-refractivity contribution in [2.24, 2.45) is 0 Å². The maximum atomic E-state index is 12.6. The summed E-state index contributed by atoms with van der Waals surface area (Å²) in [5, 5.41) is 0. The molecule has 0 aliphatic rings. The summed E-state index contributed by atoms with van der Waals surface area (Å²) in [6.07, 6.45) is -10.2. The van der Waals surface area contributed by atoms with Crippen molar-refractivity contribution >= 4 is 11.6 Å². The lowest BCUT2D eigenvalue weighted by atomic mass is 10.1. The van der Waals surface area contributed by atoms with Crippen LogP contribution < -0.4 is 9.47 Å². The van der Waals surface area contributed by atoms with Crippen LogP contribution in [0, 0.1) is 0 Å². The van der Waals surface area contributed by atoms with Gasteiger partial charge >= 0.3 is 12.5 Å². The Morgan fingerprint density at radius 3 is 2.16 bits per heavy atom. The molecule has 0 saturated carbocycles. The smallest absolute Gasteiger partial charge is 0.481 e. The van der Waals surface area contributed by atoms with Gasteiger partial charge in [0.1, 0.15) is 5.56 Å². The minimum absolute atomic E-state index is 0.190. The van der Waals surface area contributed by atoms with Crippen molar-refractivity contribution in [3.63, 3.8) is 0 Å². The molecule has 0 saturated heterocycles. The van der Waals surface area contributed by atoms with Crippen LogP contribution in [-0.4, -0.2) is 18.5 Å². The van der Waals surface area contributed by atoms with E-state index in [1.165, 1.54) is 0 Å². The van der Waals surface area contributed by atoms with Crippen LogP contribution in [0.2, 0.25) is 0 Å². The molecule has 108 valence electrons. The normalized spacial score (nSPS) is 12.4. The molecule has 1 heterocycles. The molecule has 0 aliphatic heterocycles. The summed E-state index contributed by atoms with van der Waals surface area (Å²) >= 11 is 5.33. The first-order chi connectivity index (χ1) is 8.60. The summed E-state index contributed by atoms with van der Waals surface area (Å²) in [5.41, 5.74) is -2.31. The lowest BCUT2D eigenvalue weighted by Gasteiger charge is -2.18. The summed E-state index contributed by atoms with van der Waals surface area (Å²) in [4.78, 5) is 3.25. The van der Waals surface area contributed by atoms with Gasteiger partial charge in [-0.1, -0.05) is 0 Å². The first kappa shape index (κ1) is 15.7. The minimum Gasteiger partial charge on any atom is -0.481 e. The van der Waals surface area contributed by atoms with Gasteiger partial charge in [-0.05, 0) is 0 Å². The average Bonchev–Trinajstić information content (AvgIpc) is 2.24. The molecule has 0 spiro atoms. The van der Waals surface area contributed by atoms with Gasteiger partial charge in [0, 0.05) is 6.20 Å². The van der Waals surface area contributed by atoms with E-state index in [4.69, 9.17) is 11.6 Å². The summed E-state index contributed by atoms with van der Waals surface area (Å²) in [6.45, 7) is 0. The van der Waals surface area contributed by atoms with Gasteiger partial charge in [0.05, 0.1) is 18.6 Å². The predicted octanol–water partition coefficient (Wildman–Crippen LogP) is 3.75. The average molecular weight is 310 g/mol. The fourth-order valence-corrected chi connectivity index (χ4v) is 1.48. The van der Waals surface area contributed by atoms with Gasteiger partial charge in [-0.25, -0.2) is 4.98 Å². The molecule has 0 aromatic carbocycles. The van der Waals surface area contributed by atoms with E-state index in [0.717, 1.165) is 7.11 Å². The van der Waals surface area contributed by atoms with Crippen molar-refractivity contribution in [1.29, 1.82) is 0 Å². The monoisotopic (exact) mass is 309 g/mol. The van der Waals surface area contributed by atoms with Gasteiger partial charge in [-0.3, -0.25) is 0 Å². The van der Waals surface area contributed by atoms with Crippen molar-refractivity contribution in [3.8, 4) is 11.6 Å². The molecule has 0 unspecified atom stereocenters. The lowest BCUT2D eigenvalue weighted by Crippen LogP contribution is -2.22. The summed E-state index contributed by atoms with van der Waals surface area (Å²) in [5.74, 6) is -2.62. The number of hydrogen-bond donors (Lipinski definition) is 0. The Balaban J connectivity index is 3.49. The molecule has 0 bridgehead atoms. The summed E-state index contributed by atoms with van der Waals surface area (Å²) in [6, 6.07) is 0. The van der Waals surface area contributed by atoms with Crippen LogP contribution in [0.25, 0.3) is 0 Å². The van der Waals surface area contributed by atoms with Crippen LogP contribution in [-0.2, 0) is 12.1 Å². The maximum absolute atomic E-state index is 12.6. The first-order valence-electron chi connectivity index (χ1n) is 4.55. The molecule has 0 amide bonds. The number of rotatable bonds is 3. The molecule has 0 radical (unpaired) electrons. The maximum Gasteiger partial charge on any atom is 0.573 e. The van der Waals surface area contributed by atoms with Crippen LogP contribution in [0.5, 0.6) is 11.6 Å².